The highest BCUT2D eigenvalue weighted by atomic mass is 16.5. The van der Waals surface area contributed by atoms with E-state index in [-0.39, 0.29) is 0 Å². The summed E-state index contributed by atoms with van der Waals surface area (Å²) in [5.41, 5.74) is 1.38. The van der Waals surface area contributed by atoms with E-state index in [0.29, 0.717) is 12.0 Å². The smallest absolute Gasteiger partial charge is 0.122 e. The zero-order valence-corrected chi connectivity index (χ0v) is 9.49. The summed E-state index contributed by atoms with van der Waals surface area (Å²) in [5, 5.41) is 3.31. The molecule has 1 aliphatic carbocycles. The first-order chi connectivity index (χ1) is 7.35. The molecule has 1 aliphatic rings. The quantitative estimate of drug-likeness (QED) is 0.815. The summed E-state index contributed by atoms with van der Waals surface area (Å²) < 4.78 is 5.64. The first kappa shape index (κ1) is 10.5. The molecular formula is C13H19NO. The van der Waals surface area contributed by atoms with Gasteiger partial charge in [0.2, 0.25) is 0 Å². The molecule has 0 aromatic heterocycles. The van der Waals surface area contributed by atoms with Crippen LogP contribution >= 0.6 is 0 Å². The van der Waals surface area contributed by atoms with E-state index in [1.54, 1.807) is 0 Å². The fraction of sp³-hybridized carbons (Fsp3) is 0.538. The van der Waals surface area contributed by atoms with Crippen LogP contribution in [0.1, 0.15) is 31.2 Å². The van der Waals surface area contributed by atoms with E-state index in [4.69, 9.17) is 4.74 Å². The maximum atomic E-state index is 5.64. The number of ether oxygens (including phenoxy) is 1. The van der Waals surface area contributed by atoms with Gasteiger partial charge in [-0.05, 0) is 44.4 Å². The predicted octanol–water partition coefficient (Wildman–Crippen LogP) is 2.55. The van der Waals surface area contributed by atoms with Gasteiger partial charge in [-0.3, -0.25) is 0 Å². The molecule has 0 aliphatic heterocycles. The Morgan fingerprint density at radius 3 is 2.73 bits per heavy atom. The molecule has 0 unspecified atom stereocenters. The molecule has 0 bridgehead atoms. The lowest BCUT2D eigenvalue weighted by molar-refractivity contribution is 0.287. The summed E-state index contributed by atoms with van der Waals surface area (Å²) in [6.07, 6.45) is 2.47. The Bertz CT molecular complexity index is 318. The Kier molecular flexibility index (Phi) is 3.27. The van der Waals surface area contributed by atoms with Gasteiger partial charge in [0.25, 0.3) is 0 Å². The van der Waals surface area contributed by atoms with Gasteiger partial charge in [-0.25, -0.2) is 0 Å². The Balaban J connectivity index is 2.07. The van der Waals surface area contributed by atoms with E-state index in [9.17, 15) is 0 Å². The second-order valence-corrected chi connectivity index (χ2v) is 4.12. The van der Waals surface area contributed by atoms with Crippen LogP contribution in [-0.2, 0) is 0 Å². The number of hydrogen-bond donors (Lipinski definition) is 1. The van der Waals surface area contributed by atoms with Crippen LogP contribution in [0.25, 0.3) is 0 Å². The molecule has 1 N–H and O–H groups in total. The fourth-order valence-electron chi connectivity index (χ4n) is 2.21. The monoisotopic (exact) mass is 205 g/mol. The number of para-hydroxylation sites is 1. The van der Waals surface area contributed by atoms with Crippen LogP contribution in [0.5, 0.6) is 5.75 Å². The van der Waals surface area contributed by atoms with Crippen LogP contribution in [0.4, 0.5) is 0 Å². The molecule has 0 heterocycles. The third kappa shape index (κ3) is 2.15. The summed E-state index contributed by atoms with van der Waals surface area (Å²) in [5.74, 6) is 1.75. The van der Waals surface area contributed by atoms with Crippen molar-refractivity contribution in [3.05, 3.63) is 29.8 Å². The standard InChI is InChI=1S/C13H19NO/c1-3-15-13-7-5-4-6-12(13)10-8-11(9-10)14-2/h4-7,10-11,14H,3,8-9H2,1-2H3. The van der Waals surface area contributed by atoms with Crippen molar-refractivity contribution in [2.24, 2.45) is 0 Å². The fourth-order valence-corrected chi connectivity index (χ4v) is 2.21. The molecule has 0 saturated heterocycles. The van der Waals surface area contributed by atoms with E-state index in [0.717, 1.165) is 12.4 Å². The Hall–Kier alpha value is -1.02. The third-order valence-corrected chi connectivity index (χ3v) is 3.20. The molecule has 0 spiro atoms. The first-order valence-electron chi connectivity index (χ1n) is 5.74. The highest BCUT2D eigenvalue weighted by Crippen LogP contribution is 2.40. The van der Waals surface area contributed by atoms with Crippen molar-refractivity contribution in [2.45, 2.75) is 31.7 Å². The van der Waals surface area contributed by atoms with Crippen molar-refractivity contribution in [3.63, 3.8) is 0 Å². The van der Waals surface area contributed by atoms with Crippen molar-refractivity contribution in [2.75, 3.05) is 13.7 Å². The average molecular weight is 205 g/mol. The van der Waals surface area contributed by atoms with Gasteiger partial charge >= 0.3 is 0 Å². The van der Waals surface area contributed by atoms with Crippen molar-refractivity contribution >= 4 is 0 Å². The summed E-state index contributed by atoms with van der Waals surface area (Å²) in [6, 6.07) is 9.12. The van der Waals surface area contributed by atoms with Gasteiger partial charge in [0.1, 0.15) is 5.75 Å². The number of benzene rings is 1. The molecule has 1 aromatic carbocycles. The van der Waals surface area contributed by atoms with Gasteiger partial charge in [0, 0.05) is 6.04 Å². The molecule has 1 aromatic rings. The minimum atomic E-state index is 0.685. The Morgan fingerprint density at radius 1 is 1.33 bits per heavy atom. The highest BCUT2D eigenvalue weighted by Gasteiger charge is 2.30. The molecule has 2 heteroatoms. The maximum Gasteiger partial charge on any atom is 0.122 e. The third-order valence-electron chi connectivity index (χ3n) is 3.20. The molecule has 1 fully saturated rings. The zero-order valence-electron chi connectivity index (χ0n) is 9.49. The molecule has 0 atom stereocenters. The molecule has 82 valence electrons. The second-order valence-electron chi connectivity index (χ2n) is 4.12. The average Bonchev–Trinajstić information content (AvgIpc) is 2.19. The van der Waals surface area contributed by atoms with E-state index >= 15 is 0 Å². The zero-order chi connectivity index (χ0) is 10.7. The summed E-state index contributed by atoms with van der Waals surface area (Å²) >= 11 is 0. The summed E-state index contributed by atoms with van der Waals surface area (Å²) in [4.78, 5) is 0. The van der Waals surface area contributed by atoms with Crippen molar-refractivity contribution in [3.8, 4) is 5.75 Å². The van der Waals surface area contributed by atoms with E-state index in [1.807, 2.05) is 20.0 Å². The van der Waals surface area contributed by atoms with Crippen LogP contribution in [0.15, 0.2) is 24.3 Å². The molecular weight excluding hydrogens is 186 g/mol. The first-order valence-corrected chi connectivity index (χ1v) is 5.74. The number of hydrogen-bond acceptors (Lipinski definition) is 2. The van der Waals surface area contributed by atoms with Crippen molar-refractivity contribution < 1.29 is 4.74 Å². The van der Waals surface area contributed by atoms with Crippen LogP contribution in [-0.4, -0.2) is 19.7 Å². The number of nitrogens with one attached hydrogen (secondary N) is 1. The predicted molar refractivity (Wildman–Crippen MR) is 62.4 cm³/mol. The van der Waals surface area contributed by atoms with Gasteiger partial charge < -0.3 is 10.1 Å². The lowest BCUT2D eigenvalue weighted by atomic mass is 9.75. The van der Waals surface area contributed by atoms with Crippen LogP contribution < -0.4 is 10.1 Å². The SMILES string of the molecule is CCOc1ccccc1C1CC(NC)C1. The molecule has 0 amide bonds. The van der Waals surface area contributed by atoms with Crippen LogP contribution in [0.2, 0.25) is 0 Å². The highest BCUT2D eigenvalue weighted by molar-refractivity contribution is 5.37. The second kappa shape index (κ2) is 4.67. The largest absolute Gasteiger partial charge is 0.494 e. The topological polar surface area (TPSA) is 21.3 Å². The Morgan fingerprint density at radius 2 is 2.07 bits per heavy atom. The van der Waals surface area contributed by atoms with Gasteiger partial charge in [-0.15, -0.1) is 0 Å². The van der Waals surface area contributed by atoms with Crippen molar-refractivity contribution in [1.82, 2.24) is 5.32 Å². The number of rotatable bonds is 4. The minimum absolute atomic E-state index is 0.685. The lowest BCUT2D eigenvalue weighted by Gasteiger charge is -2.36. The molecule has 1 saturated carbocycles. The van der Waals surface area contributed by atoms with E-state index in [2.05, 4.69) is 23.5 Å². The molecule has 2 rings (SSSR count). The molecule has 0 radical (unpaired) electrons. The van der Waals surface area contributed by atoms with Gasteiger partial charge in [-0.2, -0.15) is 0 Å². The van der Waals surface area contributed by atoms with Crippen molar-refractivity contribution in [1.29, 1.82) is 0 Å². The lowest BCUT2D eigenvalue weighted by Crippen LogP contribution is -2.37. The van der Waals surface area contributed by atoms with Crippen LogP contribution in [0.3, 0.4) is 0 Å². The maximum absolute atomic E-state index is 5.64. The molecule has 2 nitrogen and oxygen atoms in total. The van der Waals surface area contributed by atoms with Crippen LogP contribution in [0, 0.1) is 0 Å². The van der Waals surface area contributed by atoms with Gasteiger partial charge in [0.05, 0.1) is 6.61 Å². The normalized spacial score (nSPS) is 24.7. The summed E-state index contributed by atoms with van der Waals surface area (Å²) in [6.45, 7) is 2.78. The molecule has 15 heavy (non-hydrogen) atoms. The van der Waals surface area contributed by atoms with Gasteiger partial charge in [-0.1, -0.05) is 18.2 Å². The summed E-state index contributed by atoms with van der Waals surface area (Å²) in [7, 11) is 2.04. The van der Waals surface area contributed by atoms with E-state index in [1.165, 1.54) is 18.4 Å². The van der Waals surface area contributed by atoms with E-state index < -0.39 is 0 Å². The Labute approximate surface area is 91.6 Å². The van der Waals surface area contributed by atoms with Gasteiger partial charge in [0.15, 0.2) is 0 Å². The minimum Gasteiger partial charge on any atom is -0.494 e.